The third kappa shape index (κ3) is 0.798. The van der Waals surface area contributed by atoms with E-state index in [0.29, 0.717) is 0 Å². The van der Waals surface area contributed by atoms with Crippen molar-refractivity contribution in [1.82, 2.24) is 4.90 Å². The minimum absolute atomic E-state index is 1.04. The summed E-state index contributed by atoms with van der Waals surface area (Å²) >= 11 is 0. The molecule has 2 heterocycles. The molecular weight excluding hydrogens is 122 g/mol. The summed E-state index contributed by atoms with van der Waals surface area (Å²) < 4.78 is 0. The van der Waals surface area contributed by atoms with E-state index >= 15 is 0 Å². The highest BCUT2D eigenvalue weighted by Crippen LogP contribution is 2.16. The van der Waals surface area contributed by atoms with Gasteiger partial charge in [-0.2, -0.15) is 0 Å². The zero-order chi connectivity index (χ0) is 6.81. The molecule has 0 amide bonds. The molecule has 0 unspecified atom stereocenters. The molecule has 1 heteroatoms. The van der Waals surface area contributed by atoms with Gasteiger partial charge < -0.3 is 4.90 Å². The molecular formula is C9H8N. The molecule has 0 aromatic rings. The van der Waals surface area contributed by atoms with Crippen LogP contribution in [-0.2, 0) is 0 Å². The predicted octanol–water partition coefficient (Wildman–Crippen LogP) is 1.98. The molecule has 0 aliphatic carbocycles. The van der Waals surface area contributed by atoms with Gasteiger partial charge in [0.25, 0.3) is 0 Å². The first kappa shape index (κ1) is 5.54. The first-order valence-corrected chi connectivity index (χ1v) is 3.38. The molecule has 0 N–H and O–H groups in total. The maximum absolute atomic E-state index is 3.03. The van der Waals surface area contributed by atoms with Crippen molar-refractivity contribution in [3.8, 4) is 0 Å². The van der Waals surface area contributed by atoms with E-state index in [1.807, 2.05) is 18.4 Å². The van der Waals surface area contributed by atoms with E-state index in [0.717, 1.165) is 6.42 Å². The maximum atomic E-state index is 3.03. The van der Waals surface area contributed by atoms with Crippen LogP contribution in [-0.4, -0.2) is 4.90 Å². The molecule has 1 radical (unpaired) electrons. The van der Waals surface area contributed by atoms with Crippen molar-refractivity contribution in [2.24, 2.45) is 0 Å². The van der Waals surface area contributed by atoms with Crippen LogP contribution in [0.2, 0.25) is 0 Å². The molecule has 2 aliphatic heterocycles. The van der Waals surface area contributed by atoms with Gasteiger partial charge in [0, 0.05) is 18.1 Å². The summed E-state index contributed by atoms with van der Waals surface area (Å²) in [5.74, 6) is 0. The molecule has 2 aliphatic rings. The summed E-state index contributed by atoms with van der Waals surface area (Å²) in [4.78, 5) is 2.08. The topological polar surface area (TPSA) is 3.24 Å². The van der Waals surface area contributed by atoms with Gasteiger partial charge in [-0.25, -0.2) is 0 Å². The first-order valence-electron chi connectivity index (χ1n) is 3.38. The third-order valence-corrected chi connectivity index (χ3v) is 1.59. The number of hydrogen-bond donors (Lipinski definition) is 0. The number of fused-ring (bicyclic) bond motifs is 1. The van der Waals surface area contributed by atoms with Gasteiger partial charge in [-0.1, -0.05) is 12.2 Å². The molecule has 0 aromatic carbocycles. The molecule has 0 spiro atoms. The Labute approximate surface area is 60.6 Å². The second kappa shape index (κ2) is 2.18. The summed E-state index contributed by atoms with van der Waals surface area (Å²) in [6.45, 7) is 0. The Morgan fingerprint density at radius 3 is 3.30 bits per heavy atom. The van der Waals surface area contributed by atoms with Gasteiger partial charge in [0.1, 0.15) is 0 Å². The maximum Gasteiger partial charge on any atom is 0.0418 e. The normalized spacial score (nSPS) is 20.8. The number of allylic oxidation sites excluding steroid dienone is 5. The van der Waals surface area contributed by atoms with Gasteiger partial charge in [0.2, 0.25) is 0 Å². The predicted molar refractivity (Wildman–Crippen MR) is 40.6 cm³/mol. The lowest BCUT2D eigenvalue weighted by atomic mass is 10.2. The lowest BCUT2D eigenvalue weighted by molar-refractivity contribution is 0.628. The first-order chi connectivity index (χ1) is 4.97. The van der Waals surface area contributed by atoms with Gasteiger partial charge in [0.05, 0.1) is 0 Å². The van der Waals surface area contributed by atoms with Crippen molar-refractivity contribution in [3.63, 3.8) is 0 Å². The standard InChI is InChI=1S/C9H8N/c1-3-7-10-8-4-2-6-9(10)5-1/h3-8H,1H2. The number of rotatable bonds is 0. The Hall–Kier alpha value is -1.24. The molecule has 0 saturated carbocycles. The molecule has 0 aromatic heterocycles. The fourth-order valence-corrected chi connectivity index (χ4v) is 1.08. The second-order valence-corrected chi connectivity index (χ2v) is 2.28. The minimum atomic E-state index is 1.04. The molecule has 0 fully saturated rings. The lowest BCUT2D eigenvalue weighted by Gasteiger charge is -2.21. The molecule has 49 valence electrons. The van der Waals surface area contributed by atoms with Gasteiger partial charge in [0.15, 0.2) is 0 Å². The van der Waals surface area contributed by atoms with Crippen LogP contribution in [0.3, 0.4) is 0 Å². The number of hydrogen-bond acceptors (Lipinski definition) is 1. The quantitative estimate of drug-likeness (QED) is 0.484. The Bertz CT molecular complexity index is 243. The molecule has 1 nitrogen and oxygen atoms in total. The monoisotopic (exact) mass is 130 g/mol. The zero-order valence-corrected chi connectivity index (χ0v) is 5.62. The summed E-state index contributed by atoms with van der Waals surface area (Å²) in [6.07, 6.45) is 16.4. The van der Waals surface area contributed by atoms with Crippen LogP contribution in [0.15, 0.2) is 42.4 Å². The molecule has 0 bridgehead atoms. The zero-order valence-electron chi connectivity index (χ0n) is 5.62. The highest BCUT2D eigenvalue weighted by molar-refractivity contribution is 5.29. The Morgan fingerprint density at radius 1 is 1.40 bits per heavy atom. The second-order valence-electron chi connectivity index (χ2n) is 2.28. The summed E-state index contributed by atoms with van der Waals surface area (Å²) in [5.41, 5.74) is 1.23. The van der Waals surface area contributed by atoms with E-state index in [2.05, 4.69) is 29.3 Å². The van der Waals surface area contributed by atoms with E-state index in [4.69, 9.17) is 0 Å². The average molecular weight is 130 g/mol. The van der Waals surface area contributed by atoms with Gasteiger partial charge in [-0.15, -0.1) is 0 Å². The largest absolute Gasteiger partial charge is 0.324 e. The van der Waals surface area contributed by atoms with Gasteiger partial charge in [-0.05, 0) is 24.6 Å². The Morgan fingerprint density at radius 2 is 2.40 bits per heavy atom. The highest BCUT2D eigenvalue weighted by Gasteiger charge is 2.04. The molecule has 2 rings (SSSR count). The highest BCUT2D eigenvalue weighted by atomic mass is 15.1. The van der Waals surface area contributed by atoms with E-state index < -0.39 is 0 Å². The number of nitrogens with zero attached hydrogens (tertiary/aromatic N) is 1. The van der Waals surface area contributed by atoms with E-state index in [9.17, 15) is 0 Å². The van der Waals surface area contributed by atoms with E-state index in [1.54, 1.807) is 0 Å². The van der Waals surface area contributed by atoms with Crippen molar-refractivity contribution in [3.05, 3.63) is 48.5 Å². The lowest BCUT2D eigenvalue weighted by Crippen LogP contribution is -2.11. The summed E-state index contributed by atoms with van der Waals surface area (Å²) in [7, 11) is 0. The van der Waals surface area contributed by atoms with E-state index in [-0.39, 0.29) is 0 Å². The minimum Gasteiger partial charge on any atom is -0.324 e. The van der Waals surface area contributed by atoms with Gasteiger partial charge in [-0.3, -0.25) is 0 Å². The van der Waals surface area contributed by atoms with Crippen LogP contribution >= 0.6 is 0 Å². The van der Waals surface area contributed by atoms with Crippen LogP contribution in [0.25, 0.3) is 0 Å². The fourth-order valence-electron chi connectivity index (χ4n) is 1.08. The molecule has 0 saturated heterocycles. The van der Waals surface area contributed by atoms with Crippen LogP contribution < -0.4 is 0 Å². The smallest absolute Gasteiger partial charge is 0.0418 e. The van der Waals surface area contributed by atoms with Crippen molar-refractivity contribution in [2.45, 2.75) is 6.42 Å². The summed E-state index contributed by atoms with van der Waals surface area (Å²) in [6, 6.07) is 0. The van der Waals surface area contributed by atoms with Crippen molar-refractivity contribution >= 4 is 0 Å². The van der Waals surface area contributed by atoms with Crippen molar-refractivity contribution < 1.29 is 0 Å². The Kier molecular flexibility index (Phi) is 1.21. The van der Waals surface area contributed by atoms with E-state index in [1.165, 1.54) is 5.70 Å². The van der Waals surface area contributed by atoms with Crippen LogP contribution in [0.5, 0.6) is 0 Å². The SMILES string of the molecule is [C]1=CC2=CCC=CN2C=C1. The van der Waals surface area contributed by atoms with Crippen LogP contribution in [0, 0.1) is 6.08 Å². The fraction of sp³-hybridized carbons (Fsp3) is 0.111. The Balaban J connectivity index is 2.33. The third-order valence-electron chi connectivity index (χ3n) is 1.59. The van der Waals surface area contributed by atoms with Gasteiger partial charge >= 0.3 is 0 Å². The van der Waals surface area contributed by atoms with Crippen molar-refractivity contribution in [1.29, 1.82) is 0 Å². The van der Waals surface area contributed by atoms with Crippen molar-refractivity contribution in [2.75, 3.05) is 0 Å². The molecule has 10 heavy (non-hydrogen) atoms. The average Bonchev–Trinajstić information content (AvgIpc) is 2.05. The summed E-state index contributed by atoms with van der Waals surface area (Å²) in [5, 5.41) is 0. The molecule has 0 atom stereocenters. The van der Waals surface area contributed by atoms with Crippen LogP contribution in [0.4, 0.5) is 0 Å². The van der Waals surface area contributed by atoms with Crippen LogP contribution in [0.1, 0.15) is 6.42 Å².